The lowest BCUT2D eigenvalue weighted by Crippen LogP contribution is -2.34. The van der Waals surface area contributed by atoms with Gasteiger partial charge in [0, 0.05) is 19.4 Å². The van der Waals surface area contributed by atoms with Gasteiger partial charge < -0.3 is 39.1 Å². The zero-order valence-electron chi connectivity index (χ0n) is 14.5. The monoisotopic (exact) mass is 481 g/mol. The second-order valence-corrected chi connectivity index (χ2v) is 10.1. The van der Waals surface area contributed by atoms with Crippen molar-refractivity contribution in [1.29, 1.82) is 0 Å². The molecule has 0 bridgehead atoms. The summed E-state index contributed by atoms with van der Waals surface area (Å²) in [5, 5.41) is 10.3. The lowest BCUT2D eigenvalue weighted by molar-refractivity contribution is -0.0230. The molecule has 18 heteroatoms. The number of aromatic amines is 1. The maximum absolute atomic E-state index is 11.8. The smallest absolute Gasteiger partial charge is 0.387 e. The Hall–Kier alpha value is -0.760. The van der Waals surface area contributed by atoms with E-state index in [0.717, 1.165) is 0 Å². The van der Waals surface area contributed by atoms with Gasteiger partial charge in [0.05, 0.1) is 6.61 Å². The van der Waals surface area contributed by atoms with E-state index in [1.165, 1.54) is 25.4 Å². The third-order valence-electron chi connectivity index (χ3n) is 3.56. The van der Waals surface area contributed by atoms with Crippen LogP contribution in [-0.2, 0) is 36.3 Å². The lowest BCUT2D eigenvalue weighted by Gasteiger charge is -2.19. The fraction of sp³-hybridized carbons (Fsp3) is 0.545. The van der Waals surface area contributed by atoms with E-state index >= 15 is 0 Å². The highest BCUT2D eigenvalue weighted by Gasteiger charge is 2.47. The van der Waals surface area contributed by atoms with E-state index in [2.05, 4.69) is 18.1 Å². The summed E-state index contributed by atoms with van der Waals surface area (Å²) in [5.41, 5.74) is 0.0294. The van der Waals surface area contributed by atoms with Crippen LogP contribution in [-0.4, -0.2) is 61.7 Å². The maximum atomic E-state index is 11.8. The third kappa shape index (κ3) is 7.16. The van der Waals surface area contributed by atoms with Gasteiger partial charge >= 0.3 is 23.5 Å². The highest BCUT2D eigenvalue weighted by atomic mass is 31.3. The number of rotatable bonds is 9. The Morgan fingerprint density at radius 2 is 1.76 bits per heavy atom. The van der Waals surface area contributed by atoms with Crippen LogP contribution in [0.3, 0.4) is 0 Å². The van der Waals surface area contributed by atoms with Crippen molar-refractivity contribution in [3.63, 3.8) is 0 Å². The Kier molecular flexibility index (Phi) is 7.74. The summed E-state index contributed by atoms with van der Waals surface area (Å²) in [6, 6.07) is 2.62. The Morgan fingerprint density at radius 3 is 2.28 bits per heavy atom. The van der Waals surface area contributed by atoms with E-state index < -0.39 is 54.5 Å². The number of nitrogens with one attached hydrogen (secondary N) is 1. The van der Waals surface area contributed by atoms with Crippen LogP contribution >= 0.6 is 23.5 Å². The molecule has 2 rings (SSSR count). The Balaban J connectivity index is 2.05. The van der Waals surface area contributed by atoms with Crippen LogP contribution in [0.4, 0.5) is 0 Å². The molecular weight excluding hydrogens is 463 g/mol. The molecule has 1 aliphatic heterocycles. The molecule has 2 heterocycles. The minimum atomic E-state index is -5.66. The number of pyridine rings is 1. The molecular formula is C11H18NO14P3. The third-order valence-corrected chi connectivity index (χ3v) is 7.37. The molecule has 0 saturated carbocycles. The van der Waals surface area contributed by atoms with Crippen molar-refractivity contribution in [2.75, 3.05) is 13.7 Å². The van der Waals surface area contributed by atoms with Crippen molar-refractivity contribution in [3.05, 3.63) is 34.2 Å². The zero-order valence-corrected chi connectivity index (χ0v) is 17.2. The topological polar surface area (TPSA) is 231 Å². The Bertz CT molecular complexity index is 892. The first-order chi connectivity index (χ1) is 13.2. The molecule has 0 aliphatic carbocycles. The Morgan fingerprint density at radius 1 is 1.10 bits per heavy atom. The average Bonchev–Trinajstić information content (AvgIpc) is 2.86. The molecule has 29 heavy (non-hydrogen) atoms. The van der Waals surface area contributed by atoms with Crippen LogP contribution in [0.25, 0.3) is 0 Å². The van der Waals surface area contributed by atoms with Crippen molar-refractivity contribution in [3.8, 4) is 0 Å². The number of aromatic nitrogens is 1. The van der Waals surface area contributed by atoms with Gasteiger partial charge in [0.15, 0.2) is 0 Å². The number of phosphoric ester groups is 1. The number of H-pyrrole nitrogens is 1. The molecule has 1 aromatic heterocycles. The van der Waals surface area contributed by atoms with Crippen LogP contribution < -0.4 is 5.56 Å². The minimum absolute atomic E-state index is 0.384. The highest BCUT2D eigenvalue weighted by molar-refractivity contribution is 7.66. The zero-order chi connectivity index (χ0) is 22.0. The highest BCUT2D eigenvalue weighted by Crippen LogP contribution is 2.66. The predicted molar refractivity (Wildman–Crippen MR) is 91.3 cm³/mol. The Labute approximate surface area is 162 Å². The van der Waals surface area contributed by atoms with Crippen LogP contribution in [0.5, 0.6) is 0 Å². The predicted octanol–water partition coefficient (Wildman–Crippen LogP) is -0.466. The van der Waals surface area contributed by atoms with Gasteiger partial charge in [0.1, 0.15) is 24.4 Å². The van der Waals surface area contributed by atoms with Gasteiger partial charge in [0.2, 0.25) is 5.56 Å². The molecule has 1 aromatic rings. The van der Waals surface area contributed by atoms with Crippen LogP contribution in [0, 0.1) is 0 Å². The first-order valence-corrected chi connectivity index (χ1v) is 12.1. The van der Waals surface area contributed by atoms with Crippen LogP contribution in [0.2, 0.25) is 0 Å². The van der Waals surface area contributed by atoms with E-state index in [9.17, 15) is 28.5 Å². The second kappa shape index (κ2) is 9.16. The van der Waals surface area contributed by atoms with Crippen molar-refractivity contribution >= 4 is 23.5 Å². The number of aliphatic hydroxyl groups excluding tert-OH is 1. The van der Waals surface area contributed by atoms with Crippen molar-refractivity contribution < 1.29 is 61.0 Å². The van der Waals surface area contributed by atoms with Gasteiger partial charge in [-0.15, -0.1) is 0 Å². The summed E-state index contributed by atoms with van der Waals surface area (Å²) in [5.74, 6) is 0. The van der Waals surface area contributed by atoms with Gasteiger partial charge in [-0.05, 0) is 11.6 Å². The van der Waals surface area contributed by atoms with Crippen LogP contribution in [0.1, 0.15) is 11.7 Å². The molecule has 15 nitrogen and oxygen atoms in total. The summed E-state index contributed by atoms with van der Waals surface area (Å²) in [7, 11) is -15.3. The number of phosphoric acid groups is 3. The van der Waals surface area contributed by atoms with Gasteiger partial charge in [0.25, 0.3) is 0 Å². The largest absolute Gasteiger partial charge is 0.490 e. The number of methoxy groups -OCH3 is 1. The summed E-state index contributed by atoms with van der Waals surface area (Å²) in [6.07, 6.45) is -3.21. The molecule has 3 unspecified atom stereocenters. The standard InChI is InChI=1S/C11H18NO14P3/c1-22-11-9(14)7(24-10(11)6-2-3-8(13)12-4-6)5-23-28(18,19)26-29(20,21)25-27(15,16)17/h2-4,7,9-11,14H,5H2,1H3,(H,12,13)(H,18,19)(H,20,21)(H2,15,16,17)/t7-,9?,10+,11+/m1/s1. The number of aliphatic hydroxyl groups is 1. The van der Waals surface area contributed by atoms with Gasteiger partial charge in [-0.25, -0.2) is 13.7 Å². The van der Waals surface area contributed by atoms with E-state index in [1.807, 2.05) is 0 Å². The molecule has 1 saturated heterocycles. The summed E-state index contributed by atoms with van der Waals surface area (Å²) < 4.78 is 55.9. The van der Waals surface area contributed by atoms with Gasteiger partial charge in [-0.1, -0.05) is 0 Å². The SMILES string of the molecule is CO[C@H]1C(O)[C@@H](COP(=O)(O)OP(=O)(O)OP(=O)(O)O)O[C@H]1c1ccc(=O)[nH]c1. The van der Waals surface area contributed by atoms with Gasteiger partial charge in [-0.3, -0.25) is 9.32 Å². The fourth-order valence-electron chi connectivity index (χ4n) is 2.48. The molecule has 1 aliphatic rings. The molecule has 0 amide bonds. The van der Waals surface area contributed by atoms with E-state index in [-0.39, 0.29) is 5.56 Å². The molecule has 6 N–H and O–H groups in total. The average molecular weight is 481 g/mol. The number of hydrogen-bond donors (Lipinski definition) is 6. The fourth-order valence-corrected chi connectivity index (χ4v) is 5.51. The van der Waals surface area contributed by atoms with Crippen molar-refractivity contribution in [2.24, 2.45) is 0 Å². The number of ether oxygens (including phenoxy) is 2. The normalized spacial score (nSPS) is 29.3. The quantitative estimate of drug-likeness (QED) is 0.245. The van der Waals surface area contributed by atoms with Crippen LogP contribution in [0.15, 0.2) is 23.1 Å². The summed E-state index contributed by atoms with van der Waals surface area (Å²) in [4.78, 5) is 49.1. The van der Waals surface area contributed by atoms with E-state index in [0.29, 0.717) is 5.56 Å². The molecule has 1 fully saturated rings. The molecule has 166 valence electrons. The van der Waals surface area contributed by atoms with Crippen molar-refractivity contribution in [1.82, 2.24) is 4.98 Å². The minimum Gasteiger partial charge on any atom is -0.387 e. The van der Waals surface area contributed by atoms with E-state index in [4.69, 9.17) is 24.2 Å². The molecule has 0 spiro atoms. The molecule has 6 atom stereocenters. The lowest BCUT2D eigenvalue weighted by atomic mass is 10.0. The first-order valence-electron chi connectivity index (χ1n) is 7.56. The first kappa shape index (κ1) is 24.5. The van der Waals surface area contributed by atoms with Gasteiger partial charge in [-0.2, -0.15) is 8.62 Å². The second-order valence-electron chi connectivity index (χ2n) is 5.66. The van der Waals surface area contributed by atoms with Crippen molar-refractivity contribution in [2.45, 2.75) is 24.4 Å². The van der Waals surface area contributed by atoms with E-state index in [1.54, 1.807) is 0 Å². The molecule has 0 aromatic carbocycles. The summed E-state index contributed by atoms with van der Waals surface area (Å²) >= 11 is 0. The number of hydrogen-bond acceptors (Lipinski definition) is 10. The summed E-state index contributed by atoms with van der Waals surface area (Å²) in [6.45, 7) is -0.843. The maximum Gasteiger partial charge on any atom is 0.490 e. The molecule has 0 radical (unpaired) electrons.